The van der Waals surface area contributed by atoms with E-state index in [-0.39, 0.29) is 22.8 Å². The van der Waals surface area contributed by atoms with Crippen molar-refractivity contribution in [1.82, 2.24) is 19.7 Å². The first kappa shape index (κ1) is 13.8. The van der Waals surface area contributed by atoms with Gasteiger partial charge in [-0.2, -0.15) is 10.1 Å². The third kappa shape index (κ3) is 1.94. The van der Waals surface area contributed by atoms with E-state index in [9.17, 15) is 15.0 Å². The number of ether oxygens (including phenoxy) is 1. The van der Waals surface area contributed by atoms with Crippen molar-refractivity contribution in [1.29, 1.82) is 0 Å². The lowest BCUT2D eigenvalue weighted by Gasteiger charge is -2.15. The van der Waals surface area contributed by atoms with Gasteiger partial charge in [-0.25, -0.2) is 4.68 Å². The number of nitrogens with one attached hydrogen (secondary N) is 1. The van der Waals surface area contributed by atoms with E-state index < -0.39 is 36.7 Å². The predicted molar refractivity (Wildman–Crippen MR) is 70.0 cm³/mol. The number of aromatic amines is 1. The Hall–Kier alpha value is -2.21. The molecule has 1 saturated heterocycles. The molecule has 1 aliphatic heterocycles. The van der Waals surface area contributed by atoms with Crippen LogP contribution in [0.1, 0.15) is 6.23 Å². The Morgan fingerprint density at radius 1 is 1.33 bits per heavy atom. The summed E-state index contributed by atoms with van der Waals surface area (Å²) >= 11 is 0. The highest BCUT2D eigenvalue weighted by molar-refractivity contribution is 5.86. The molecule has 0 amide bonds. The maximum Gasteiger partial charge on any atom is 0.265 e. The number of anilines is 2. The first-order valence-electron chi connectivity index (χ1n) is 6.10. The molecule has 4 atom stereocenters. The van der Waals surface area contributed by atoms with Crippen molar-refractivity contribution in [2.45, 2.75) is 24.5 Å². The maximum absolute atomic E-state index is 11.8. The van der Waals surface area contributed by atoms with Gasteiger partial charge in [-0.05, 0) is 0 Å². The quantitative estimate of drug-likeness (QED) is 0.334. The van der Waals surface area contributed by atoms with Gasteiger partial charge >= 0.3 is 0 Å². The molecule has 0 unspecified atom stereocenters. The van der Waals surface area contributed by atoms with E-state index in [1.54, 1.807) is 0 Å². The third-order valence-corrected chi connectivity index (χ3v) is 3.37. The monoisotopic (exact) mass is 298 g/mol. The summed E-state index contributed by atoms with van der Waals surface area (Å²) in [6.07, 6.45) is -4.80. The lowest BCUT2D eigenvalue weighted by atomic mass is 10.1. The second kappa shape index (κ2) is 4.66. The summed E-state index contributed by atoms with van der Waals surface area (Å²) in [7, 11) is 0. The van der Waals surface area contributed by atoms with Crippen LogP contribution in [0.2, 0.25) is 0 Å². The minimum Gasteiger partial charge on any atom is -0.394 e. The van der Waals surface area contributed by atoms with Crippen molar-refractivity contribution >= 4 is 22.8 Å². The van der Waals surface area contributed by atoms with E-state index in [0.29, 0.717) is 0 Å². The summed E-state index contributed by atoms with van der Waals surface area (Å²) in [6.45, 7) is -0.487. The van der Waals surface area contributed by atoms with Crippen molar-refractivity contribution in [2.24, 2.45) is 0 Å². The zero-order valence-corrected chi connectivity index (χ0v) is 10.7. The first-order valence-corrected chi connectivity index (χ1v) is 6.10. The Bertz CT molecular complexity index is 741. The topological polar surface area (TPSA) is 186 Å². The SMILES string of the molecule is Nc1nc2c(c(N)nn2[C@@H]2O[C@H](CO)[C@@H](O)[C@H]2O)c(=O)[nH]1. The van der Waals surface area contributed by atoms with Gasteiger partial charge in [0.15, 0.2) is 17.7 Å². The molecule has 1 aliphatic rings. The number of nitrogens with two attached hydrogens (primary N) is 2. The molecule has 114 valence electrons. The van der Waals surface area contributed by atoms with Gasteiger partial charge in [-0.3, -0.25) is 9.78 Å². The number of hydrogen-bond acceptors (Lipinski definition) is 9. The smallest absolute Gasteiger partial charge is 0.265 e. The third-order valence-electron chi connectivity index (χ3n) is 3.37. The molecule has 0 bridgehead atoms. The van der Waals surface area contributed by atoms with Crippen LogP contribution in [0.4, 0.5) is 11.8 Å². The molecule has 1 fully saturated rings. The summed E-state index contributed by atoms with van der Waals surface area (Å²) in [4.78, 5) is 18.0. The molecule has 11 nitrogen and oxygen atoms in total. The van der Waals surface area contributed by atoms with Crippen LogP contribution >= 0.6 is 0 Å². The molecule has 3 rings (SSSR count). The fourth-order valence-electron chi connectivity index (χ4n) is 2.35. The number of nitrogens with zero attached hydrogens (tertiary/aromatic N) is 3. The fourth-order valence-corrected chi connectivity index (χ4v) is 2.35. The van der Waals surface area contributed by atoms with Crippen molar-refractivity contribution < 1.29 is 20.1 Å². The molecular weight excluding hydrogens is 284 g/mol. The average molecular weight is 298 g/mol. The average Bonchev–Trinajstić information content (AvgIpc) is 2.89. The van der Waals surface area contributed by atoms with Crippen LogP contribution in [0.5, 0.6) is 0 Å². The highest BCUT2D eigenvalue weighted by Gasteiger charge is 2.44. The summed E-state index contributed by atoms with van der Waals surface area (Å²) in [6, 6.07) is 0. The Balaban J connectivity index is 2.16. The minimum atomic E-state index is -1.37. The van der Waals surface area contributed by atoms with Crippen LogP contribution in [0.25, 0.3) is 11.0 Å². The van der Waals surface area contributed by atoms with Gasteiger partial charge in [-0.15, -0.1) is 0 Å². The molecular formula is C10H14N6O5. The molecule has 2 aromatic rings. The minimum absolute atomic E-state index is 0.00179. The van der Waals surface area contributed by atoms with Crippen LogP contribution in [0, 0.1) is 0 Å². The molecule has 11 heteroatoms. The Morgan fingerprint density at radius 2 is 2.05 bits per heavy atom. The maximum atomic E-state index is 11.8. The van der Waals surface area contributed by atoms with Gasteiger partial charge in [0.1, 0.15) is 23.7 Å². The van der Waals surface area contributed by atoms with Crippen LogP contribution in [-0.2, 0) is 4.74 Å². The second-order valence-corrected chi connectivity index (χ2v) is 4.71. The van der Waals surface area contributed by atoms with Gasteiger partial charge < -0.3 is 31.5 Å². The molecule has 21 heavy (non-hydrogen) atoms. The highest BCUT2D eigenvalue weighted by Crippen LogP contribution is 2.31. The number of aliphatic hydroxyl groups excluding tert-OH is 3. The van der Waals surface area contributed by atoms with Gasteiger partial charge in [0.05, 0.1) is 6.61 Å². The molecule has 0 radical (unpaired) electrons. The van der Waals surface area contributed by atoms with Crippen LogP contribution < -0.4 is 17.0 Å². The fraction of sp³-hybridized carbons (Fsp3) is 0.500. The van der Waals surface area contributed by atoms with Crippen LogP contribution in [0.3, 0.4) is 0 Å². The summed E-state index contributed by atoms with van der Waals surface area (Å²) in [5.41, 5.74) is 10.6. The van der Waals surface area contributed by atoms with Crippen LogP contribution in [-0.4, -0.2) is 60.0 Å². The summed E-state index contributed by atoms with van der Waals surface area (Å²) in [5, 5.41) is 32.7. The predicted octanol–water partition coefficient (Wildman–Crippen LogP) is -3.10. The van der Waals surface area contributed by atoms with E-state index in [4.69, 9.17) is 21.3 Å². The van der Waals surface area contributed by atoms with Crippen molar-refractivity contribution in [3.05, 3.63) is 10.4 Å². The van der Waals surface area contributed by atoms with E-state index in [2.05, 4.69) is 15.1 Å². The normalized spacial score (nSPS) is 29.3. The van der Waals surface area contributed by atoms with Crippen molar-refractivity contribution in [3.63, 3.8) is 0 Å². The lowest BCUT2D eigenvalue weighted by Crippen LogP contribution is -2.33. The summed E-state index contributed by atoms with van der Waals surface area (Å²) in [5.74, 6) is -0.267. The van der Waals surface area contributed by atoms with E-state index >= 15 is 0 Å². The molecule has 0 saturated carbocycles. The van der Waals surface area contributed by atoms with E-state index in [1.165, 1.54) is 0 Å². The Labute approximate surface area is 116 Å². The standard InChI is InChI=1S/C10H14N6O5/c11-6-3-7(13-10(12)14-8(3)20)16(15-6)9-5(19)4(18)2(1-17)21-9/h2,4-5,9,17-19H,1H2,(H2,11,15)(H3,12,13,14,20)/t2-,4-,5-,9-/m1/s1. The zero-order valence-electron chi connectivity index (χ0n) is 10.7. The number of aromatic nitrogens is 4. The number of aliphatic hydroxyl groups is 3. The lowest BCUT2D eigenvalue weighted by molar-refractivity contribution is -0.0565. The molecule has 0 aromatic carbocycles. The van der Waals surface area contributed by atoms with Crippen molar-refractivity contribution in [2.75, 3.05) is 18.1 Å². The number of nitrogen functional groups attached to an aromatic ring is 2. The molecule has 3 heterocycles. The van der Waals surface area contributed by atoms with Crippen molar-refractivity contribution in [3.8, 4) is 0 Å². The largest absolute Gasteiger partial charge is 0.394 e. The van der Waals surface area contributed by atoms with E-state index in [0.717, 1.165) is 4.68 Å². The van der Waals surface area contributed by atoms with E-state index in [1.807, 2.05) is 0 Å². The second-order valence-electron chi connectivity index (χ2n) is 4.71. The van der Waals surface area contributed by atoms with Gasteiger partial charge in [0.25, 0.3) is 5.56 Å². The number of hydrogen-bond donors (Lipinski definition) is 6. The molecule has 2 aromatic heterocycles. The Kier molecular flexibility index (Phi) is 3.06. The molecule has 0 spiro atoms. The first-order chi connectivity index (χ1) is 9.93. The molecule has 0 aliphatic carbocycles. The Morgan fingerprint density at radius 3 is 2.67 bits per heavy atom. The number of H-pyrrole nitrogens is 1. The number of fused-ring (bicyclic) bond motifs is 1. The summed E-state index contributed by atoms with van der Waals surface area (Å²) < 4.78 is 6.39. The molecule has 8 N–H and O–H groups in total. The van der Waals surface area contributed by atoms with Gasteiger partial charge in [0, 0.05) is 0 Å². The van der Waals surface area contributed by atoms with Crippen LogP contribution in [0.15, 0.2) is 4.79 Å². The zero-order chi connectivity index (χ0) is 15.3. The van der Waals surface area contributed by atoms with Gasteiger partial charge in [-0.1, -0.05) is 0 Å². The number of rotatable bonds is 2. The van der Waals surface area contributed by atoms with Gasteiger partial charge in [0.2, 0.25) is 5.95 Å². The highest BCUT2D eigenvalue weighted by atomic mass is 16.6.